The van der Waals surface area contributed by atoms with E-state index in [-0.39, 0.29) is 5.69 Å². The van der Waals surface area contributed by atoms with Crippen LogP contribution < -0.4 is 4.74 Å². The standard InChI is InChI=1S/C20H16BrNO3/c1-14(21)15-6-8-16(9-7-15)19-4-2-3-5-20(19)25-18-12-10-17(11-13-18)22(23)24/h2-14H,1H3. The van der Waals surface area contributed by atoms with Gasteiger partial charge in [-0.3, -0.25) is 10.1 Å². The van der Waals surface area contributed by atoms with Crippen molar-refractivity contribution in [3.63, 3.8) is 0 Å². The smallest absolute Gasteiger partial charge is 0.269 e. The molecule has 0 N–H and O–H groups in total. The van der Waals surface area contributed by atoms with Gasteiger partial charge in [0.15, 0.2) is 0 Å². The summed E-state index contributed by atoms with van der Waals surface area (Å²) >= 11 is 3.57. The van der Waals surface area contributed by atoms with Gasteiger partial charge in [-0.1, -0.05) is 58.4 Å². The zero-order valence-corrected chi connectivity index (χ0v) is 15.1. The van der Waals surface area contributed by atoms with Crippen LogP contribution >= 0.6 is 15.9 Å². The Morgan fingerprint density at radius 2 is 1.60 bits per heavy atom. The summed E-state index contributed by atoms with van der Waals surface area (Å²) in [4.78, 5) is 10.6. The highest BCUT2D eigenvalue weighted by molar-refractivity contribution is 9.09. The minimum atomic E-state index is -0.426. The molecule has 0 saturated heterocycles. The van der Waals surface area contributed by atoms with Crippen LogP contribution in [-0.4, -0.2) is 4.92 Å². The molecule has 3 rings (SSSR count). The Morgan fingerprint density at radius 1 is 0.960 bits per heavy atom. The van der Waals surface area contributed by atoms with Crippen molar-refractivity contribution in [3.8, 4) is 22.6 Å². The molecule has 25 heavy (non-hydrogen) atoms. The van der Waals surface area contributed by atoms with Crippen molar-refractivity contribution in [1.29, 1.82) is 0 Å². The van der Waals surface area contributed by atoms with E-state index < -0.39 is 4.92 Å². The molecule has 0 aliphatic carbocycles. The van der Waals surface area contributed by atoms with Crippen molar-refractivity contribution in [2.75, 3.05) is 0 Å². The van der Waals surface area contributed by atoms with Crippen LogP contribution in [0, 0.1) is 10.1 Å². The van der Waals surface area contributed by atoms with E-state index in [1.54, 1.807) is 12.1 Å². The molecule has 0 heterocycles. The van der Waals surface area contributed by atoms with E-state index in [1.165, 1.54) is 17.7 Å². The zero-order valence-electron chi connectivity index (χ0n) is 13.6. The first-order chi connectivity index (χ1) is 12.0. The second-order valence-electron chi connectivity index (χ2n) is 5.59. The summed E-state index contributed by atoms with van der Waals surface area (Å²) in [5.74, 6) is 1.26. The maximum Gasteiger partial charge on any atom is 0.269 e. The SMILES string of the molecule is CC(Br)c1ccc(-c2ccccc2Oc2ccc([N+](=O)[O-])cc2)cc1. The van der Waals surface area contributed by atoms with Crippen LogP contribution in [0.25, 0.3) is 11.1 Å². The number of ether oxygens (including phenoxy) is 1. The molecule has 3 aromatic carbocycles. The van der Waals surface area contributed by atoms with Crippen LogP contribution in [0.15, 0.2) is 72.8 Å². The van der Waals surface area contributed by atoms with Crippen LogP contribution in [0.3, 0.4) is 0 Å². The van der Waals surface area contributed by atoms with Crippen molar-refractivity contribution in [3.05, 3.63) is 88.5 Å². The fourth-order valence-electron chi connectivity index (χ4n) is 2.48. The van der Waals surface area contributed by atoms with Crippen molar-refractivity contribution in [2.24, 2.45) is 0 Å². The monoisotopic (exact) mass is 397 g/mol. The van der Waals surface area contributed by atoms with Crippen molar-refractivity contribution in [1.82, 2.24) is 0 Å². The van der Waals surface area contributed by atoms with E-state index in [4.69, 9.17) is 4.74 Å². The minimum absolute atomic E-state index is 0.0418. The highest BCUT2D eigenvalue weighted by Gasteiger charge is 2.10. The summed E-state index contributed by atoms with van der Waals surface area (Å²) in [7, 11) is 0. The highest BCUT2D eigenvalue weighted by Crippen LogP contribution is 2.34. The van der Waals surface area contributed by atoms with Crippen LogP contribution in [0.5, 0.6) is 11.5 Å². The average molecular weight is 398 g/mol. The average Bonchev–Trinajstić information content (AvgIpc) is 2.63. The van der Waals surface area contributed by atoms with E-state index in [9.17, 15) is 10.1 Å². The molecule has 1 unspecified atom stereocenters. The summed E-state index contributed by atoms with van der Waals surface area (Å²) in [6.45, 7) is 2.08. The lowest BCUT2D eigenvalue weighted by molar-refractivity contribution is -0.384. The topological polar surface area (TPSA) is 52.4 Å². The molecule has 0 bridgehead atoms. The molecule has 0 aliphatic rings. The lowest BCUT2D eigenvalue weighted by atomic mass is 10.0. The van der Waals surface area contributed by atoms with Gasteiger partial charge in [0.1, 0.15) is 11.5 Å². The molecule has 4 nitrogen and oxygen atoms in total. The summed E-state index contributed by atoms with van der Waals surface area (Å²) in [5, 5.41) is 10.7. The van der Waals surface area contributed by atoms with Gasteiger partial charge in [-0.25, -0.2) is 0 Å². The number of nitrogens with zero attached hydrogens (tertiary/aromatic N) is 1. The molecular weight excluding hydrogens is 382 g/mol. The third-order valence-electron chi connectivity index (χ3n) is 3.84. The van der Waals surface area contributed by atoms with Crippen LogP contribution in [0.1, 0.15) is 17.3 Å². The van der Waals surface area contributed by atoms with Gasteiger partial charge in [-0.15, -0.1) is 0 Å². The van der Waals surface area contributed by atoms with E-state index in [2.05, 4.69) is 47.1 Å². The van der Waals surface area contributed by atoms with E-state index in [0.717, 1.165) is 11.1 Å². The van der Waals surface area contributed by atoms with Crippen LogP contribution in [0.2, 0.25) is 0 Å². The summed E-state index contributed by atoms with van der Waals surface area (Å²) in [6, 6.07) is 22.1. The molecule has 0 amide bonds. The molecule has 126 valence electrons. The maximum absolute atomic E-state index is 10.7. The third-order valence-corrected chi connectivity index (χ3v) is 4.37. The molecule has 0 fully saturated rings. The number of hydrogen-bond donors (Lipinski definition) is 0. The molecule has 1 atom stereocenters. The number of halogens is 1. The molecule has 0 aromatic heterocycles. The molecular formula is C20H16BrNO3. The van der Waals surface area contributed by atoms with Crippen LogP contribution in [0.4, 0.5) is 5.69 Å². The van der Waals surface area contributed by atoms with Gasteiger partial charge < -0.3 is 4.74 Å². The fourth-order valence-corrected chi connectivity index (χ4v) is 2.79. The minimum Gasteiger partial charge on any atom is -0.457 e. The second kappa shape index (κ2) is 7.49. The fraction of sp³-hybridized carbons (Fsp3) is 0.100. The highest BCUT2D eigenvalue weighted by atomic mass is 79.9. The van der Waals surface area contributed by atoms with Gasteiger partial charge in [0, 0.05) is 22.5 Å². The van der Waals surface area contributed by atoms with Crippen LogP contribution in [-0.2, 0) is 0 Å². The number of non-ortho nitro benzene ring substituents is 1. The normalized spacial score (nSPS) is 11.8. The Hall–Kier alpha value is -2.66. The molecule has 5 heteroatoms. The number of alkyl halides is 1. The number of rotatable bonds is 5. The van der Waals surface area contributed by atoms with Gasteiger partial charge in [-0.2, -0.15) is 0 Å². The molecule has 0 radical (unpaired) electrons. The van der Waals surface area contributed by atoms with Gasteiger partial charge in [0.05, 0.1) is 4.92 Å². The lowest BCUT2D eigenvalue weighted by Crippen LogP contribution is -1.91. The van der Waals surface area contributed by atoms with Gasteiger partial charge in [0.2, 0.25) is 0 Å². The van der Waals surface area contributed by atoms with Gasteiger partial charge >= 0.3 is 0 Å². The third kappa shape index (κ3) is 4.06. The first kappa shape index (κ1) is 17.2. The number of nitro benzene ring substituents is 1. The summed E-state index contributed by atoms with van der Waals surface area (Å²) in [6.07, 6.45) is 0. The number of nitro groups is 1. The van der Waals surface area contributed by atoms with Crippen molar-refractivity contribution >= 4 is 21.6 Å². The molecule has 0 aliphatic heterocycles. The van der Waals surface area contributed by atoms with E-state index in [0.29, 0.717) is 16.3 Å². The second-order valence-corrected chi connectivity index (χ2v) is 6.96. The predicted molar refractivity (Wildman–Crippen MR) is 102 cm³/mol. The Bertz CT molecular complexity index is 874. The van der Waals surface area contributed by atoms with Crippen molar-refractivity contribution in [2.45, 2.75) is 11.8 Å². The number of hydrogen-bond acceptors (Lipinski definition) is 3. The maximum atomic E-state index is 10.7. The number of benzene rings is 3. The van der Waals surface area contributed by atoms with E-state index >= 15 is 0 Å². The summed E-state index contributed by atoms with van der Waals surface area (Å²) < 4.78 is 5.94. The predicted octanol–water partition coefficient (Wildman–Crippen LogP) is 6.51. The Morgan fingerprint density at radius 3 is 2.20 bits per heavy atom. The lowest BCUT2D eigenvalue weighted by Gasteiger charge is -2.12. The van der Waals surface area contributed by atoms with Gasteiger partial charge in [-0.05, 0) is 36.2 Å². The first-order valence-corrected chi connectivity index (χ1v) is 8.72. The molecule has 3 aromatic rings. The Balaban J connectivity index is 1.89. The quantitative estimate of drug-likeness (QED) is 0.280. The van der Waals surface area contributed by atoms with E-state index in [1.807, 2.05) is 24.3 Å². The largest absolute Gasteiger partial charge is 0.457 e. The van der Waals surface area contributed by atoms with Crippen molar-refractivity contribution < 1.29 is 9.66 Å². The molecule has 0 spiro atoms. The Kier molecular flexibility index (Phi) is 5.14. The number of para-hydroxylation sites is 1. The summed E-state index contributed by atoms with van der Waals surface area (Å²) in [5.41, 5.74) is 3.27. The first-order valence-electron chi connectivity index (χ1n) is 7.80. The zero-order chi connectivity index (χ0) is 17.8. The van der Waals surface area contributed by atoms with Gasteiger partial charge in [0.25, 0.3) is 5.69 Å². The Labute approximate surface area is 154 Å². The molecule has 0 saturated carbocycles.